The minimum absolute atomic E-state index is 0.864. The standard InChI is InChI=1S/C48H30Br2N2OS/c49-43-18-10-17-39-41-29-36(23-27-44(41)53-47(39)43)52(34-15-8-3-9-16-34)35-21-19-31(20-22-35)38-25-26-40-42-30-37(24-28-45(42)54-48(40)46(38)50)51(32-11-4-1-5-12-32)33-13-6-2-7-14-33/h1-30H. The predicted molar refractivity (Wildman–Crippen MR) is 237 cm³/mol. The average Bonchev–Trinajstić information content (AvgIpc) is 3.79. The first-order valence-electron chi connectivity index (χ1n) is 17.7. The van der Waals surface area contributed by atoms with Crippen LogP contribution < -0.4 is 9.80 Å². The zero-order valence-electron chi connectivity index (χ0n) is 28.8. The molecule has 0 atom stereocenters. The van der Waals surface area contributed by atoms with Crippen LogP contribution in [-0.2, 0) is 0 Å². The summed E-state index contributed by atoms with van der Waals surface area (Å²) in [6, 6.07) is 64.5. The minimum Gasteiger partial charge on any atom is -0.455 e. The van der Waals surface area contributed by atoms with Gasteiger partial charge in [-0.3, -0.25) is 0 Å². The van der Waals surface area contributed by atoms with Gasteiger partial charge in [0.1, 0.15) is 11.2 Å². The number of fused-ring (bicyclic) bond motifs is 6. The number of hydrogen-bond donors (Lipinski definition) is 0. The lowest BCUT2D eigenvalue weighted by molar-refractivity contribution is 0.667. The number of nitrogens with zero attached hydrogens (tertiary/aromatic N) is 2. The molecule has 0 bridgehead atoms. The number of thiophene rings is 1. The van der Waals surface area contributed by atoms with Crippen LogP contribution in [0.1, 0.15) is 0 Å². The van der Waals surface area contributed by atoms with Gasteiger partial charge < -0.3 is 14.2 Å². The number of para-hydroxylation sites is 4. The van der Waals surface area contributed by atoms with E-state index in [2.05, 4.69) is 218 Å². The Hall–Kier alpha value is -5.66. The molecular formula is C48H30Br2N2OS. The highest BCUT2D eigenvalue weighted by Gasteiger charge is 2.19. The fourth-order valence-electron chi connectivity index (χ4n) is 7.46. The number of hydrogen-bond acceptors (Lipinski definition) is 4. The molecule has 54 heavy (non-hydrogen) atoms. The number of anilines is 6. The summed E-state index contributed by atoms with van der Waals surface area (Å²) in [7, 11) is 0. The van der Waals surface area contributed by atoms with Gasteiger partial charge >= 0.3 is 0 Å². The Labute approximate surface area is 333 Å². The van der Waals surface area contributed by atoms with Crippen molar-refractivity contribution in [3.63, 3.8) is 0 Å². The molecule has 6 heteroatoms. The summed E-state index contributed by atoms with van der Waals surface area (Å²) >= 11 is 9.55. The quantitative estimate of drug-likeness (QED) is 0.159. The summed E-state index contributed by atoms with van der Waals surface area (Å²) in [6.45, 7) is 0. The van der Waals surface area contributed by atoms with Gasteiger partial charge in [0.15, 0.2) is 0 Å². The molecule has 0 saturated carbocycles. The third-order valence-electron chi connectivity index (χ3n) is 9.99. The molecule has 3 nitrogen and oxygen atoms in total. The fourth-order valence-corrected chi connectivity index (χ4v) is 9.85. The third-order valence-corrected chi connectivity index (χ3v) is 12.9. The molecule has 0 fully saturated rings. The van der Waals surface area contributed by atoms with Crippen LogP contribution in [0.3, 0.4) is 0 Å². The highest BCUT2D eigenvalue weighted by Crippen LogP contribution is 2.46. The Morgan fingerprint density at radius 3 is 1.61 bits per heavy atom. The molecule has 10 aromatic rings. The molecule has 2 heterocycles. The first-order chi connectivity index (χ1) is 26.6. The summed E-state index contributed by atoms with van der Waals surface area (Å²) in [5.74, 6) is 0. The van der Waals surface area contributed by atoms with E-state index in [0.29, 0.717) is 0 Å². The van der Waals surface area contributed by atoms with Crippen molar-refractivity contribution < 1.29 is 4.42 Å². The first-order valence-corrected chi connectivity index (χ1v) is 20.1. The van der Waals surface area contributed by atoms with E-state index in [0.717, 1.165) is 70.6 Å². The van der Waals surface area contributed by atoms with Crippen LogP contribution in [-0.4, -0.2) is 0 Å². The molecule has 0 aliphatic heterocycles. The molecule has 258 valence electrons. The second-order valence-electron chi connectivity index (χ2n) is 13.2. The van der Waals surface area contributed by atoms with Crippen molar-refractivity contribution in [1.29, 1.82) is 0 Å². The maximum absolute atomic E-state index is 6.24. The average molecular weight is 843 g/mol. The van der Waals surface area contributed by atoms with E-state index in [-0.39, 0.29) is 0 Å². The monoisotopic (exact) mass is 840 g/mol. The SMILES string of the molecule is Brc1cccc2c1oc1ccc(N(c3ccccc3)c3ccc(-c4ccc5c(sc6ccc(N(c7ccccc7)c7ccccc7)cc65)c4Br)cc3)cc12. The Morgan fingerprint density at radius 1 is 0.426 bits per heavy atom. The topological polar surface area (TPSA) is 19.6 Å². The number of halogens is 2. The second-order valence-corrected chi connectivity index (χ2v) is 15.9. The van der Waals surface area contributed by atoms with Gasteiger partial charge in [-0.2, -0.15) is 0 Å². The van der Waals surface area contributed by atoms with Crippen LogP contribution in [0, 0.1) is 0 Å². The van der Waals surface area contributed by atoms with Gasteiger partial charge in [-0.1, -0.05) is 91.0 Å². The van der Waals surface area contributed by atoms with E-state index >= 15 is 0 Å². The number of furan rings is 1. The van der Waals surface area contributed by atoms with E-state index in [9.17, 15) is 0 Å². The first kappa shape index (κ1) is 32.9. The van der Waals surface area contributed by atoms with Crippen molar-refractivity contribution in [3.05, 3.63) is 191 Å². The van der Waals surface area contributed by atoms with Crippen LogP contribution in [0.15, 0.2) is 195 Å². The van der Waals surface area contributed by atoms with E-state index in [1.54, 1.807) is 0 Å². The molecule has 0 amide bonds. The summed E-state index contributed by atoms with van der Waals surface area (Å²) in [4.78, 5) is 4.62. The van der Waals surface area contributed by atoms with Gasteiger partial charge in [0, 0.05) is 64.8 Å². The van der Waals surface area contributed by atoms with Gasteiger partial charge in [-0.05, 0) is 134 Å². The second kappa shape index (κ2) is 13.6. The molecule has 0 N–H and O–H groups in total. The summed E-state index contributed by atoms with van der Waals surface area (Å²) < 4.78 is 10.8. The Balaban J connectivity index is 1.03. The lowest BCUT2D eigenvalue weighted by atomic mass is 10.0. The molecule has 8 aromatic carbocycles. The maximum Gasteiger partial charge on any atom is 0.149 e. The molecule has 0 unspecified atom stereocenters. The molecule has 2 aromatic heterocycles. The van der Waals surface area contributed by atoms with Crippen molar-refractivity contribution >= 4 is 119 Å². The van der Waals surface area contributed by atoms with Crippen molar-refractivity contribution in [2.45, 2.75) is 0 Å². The van der Waals surface area contributed by atoms with Crippen LogP contribution >= 0.6 is 43.2 Å². The Kier molecular flexibility index (Phi) is 8.32. The zero-order valence-corrected chi connectivity index (χ0v) is 32.8. The lowest BCUT2D eigenvalue weighted by Crippen LogP contribution is -2.09. The van der Waals surface area contributed by atoms with Crippen LogP contribution in [0.5, 0.6) is 0 Å². The maximum atomic E-state index is 6.24. The molecule has 0 spiro atoms. The normalized spacial score (nSPS) is 11.5. The fraction of sp³-hybridized carbons (Fsp3) is 0. The van der Waals surface area contributed by atoms with Gasteiger partial charge in [0.2, 0.25) is 0 Å². The van der Waals surface area contributed by atoms with Crippen LogP contribution in [0.25, 0.3) is 53.2 Å². The van der Waals surface area contributed by atoms with Crippen LogP contribution in [0.2, 0.25) is 0 Å². The van der Waals surface area contributed by atoms with Gasteiger partial charge in [0.25, 0.3) is 0 Å². The smallest absolute Gasteiger partial charge is 0.149 e. The van der Waals surface area contributed by atoms with E-state index in [1.807, 2.05) is 17.4 Å². The summed E-state index contributed by atoms with van der Waals surface area (Å²) in [5.41, 5.74) is 10.7. The largest absolute Gasteiger partial charge is 0.455 e. The Bertz CT molecular complexity index is 2920. The van der Waals surface area contributed by atoms with Crippen molar-refractivity contribution in [2.75, 3.05) is 9.80 Å². The zero-order chi connectivity index (χ0) is 36.2. The van der Waals surface area contributed by atoms with Crippen molar-refractivity contribution in [3.8, 4) is 11.1 Å². The third kappa shape index (κ3) is 5.69. The number of benzene rings is 8. The van der Waals surface area contributed by atoms with Gasteiger partial charge in [-0.25, -0.2) is 0 Å². The van der Waals surface area contributed by atoms with Crippen molar-refractivity contribution in [1.82, 2.24) is 0 Å². The van der Waals surface area contributed by atoms with Gasteiger partial charge in [0.05, 0.1) is 9.17 Å². The van der Waals surface area contributed by atoms with E-state index in [4.69, 9.17) is 4.42 Å². The number of rotatable bonds is 7. The highest BCUT2D eigenvalue weighted by atomic mass is 79.9. The molecule has 10 rings (SSSR count). The molecule has 0 aliphatic rings. The summed E-state index contributed by atoms with van der Waals surface area (Å²) in [6.07, 6.45) is 0. The summed E-state index contributed by atoms with van der Waals surface area (Å²) in [5, 5.41) is 4.67. The molecule has 0 radical (unpaired) electrons. The molecular weight excluding hydrogens is 812 g/mol. The molecule has 0 aliphatic carbocycles. The molecule has 0 saturated heterocycles. The van der Waals surface area contributed by atoms with Crippen molar-refractivity contribution in [2.24, 2.45) is 0 Å². The predicted octanol–water partition coefficient (Wildman–Crippen LogP) is 16.1. The lowest BCUT2D eigenvalue weighted by Gasteiger charge is -2.25. The van der Waals surface area contributed by atoms with E-state index < -0.39 is 0 Å². The van der Waals surface area contributed by atoms with Crippen LogP contribution in [0.4, 0.5) is 34.1 Å². The van der Waals surface area contributed by atoms with Gasteiger partial charge in [-0.15, -0.1) is 11.3 Å². The minimum atomic E-state index is 0.864. The highest BCUT2D eigenvalue weighted by molar-refractivity contribution is 9.11. The Morgan fingerprint density at radius 2 is 0.981 bits per heavy atom. The van der Waals surface area contributed by atoms with E-state index in [1.165, 1.54) is 25.7 Å².